The van der Waals surface area contributed by atoms with Crippen molar-refractivity contribution in [2.24, 2.45) is 0 Å². The molecule has 0 spiro atoms. The molecule has 0 bridgehead atoms. The first-order valence-electron chi connectivity index (χ1n) is 7.43. The van der Waals surface area contributed by atoms with Crippen LogP contribution in [-0.4, -0.2) is 10.5 Å². The molecular weight excluding hydrogens is 307 g/mol. The van der Waals surface area contributed by atoms with Gasteiger partial charge in [-0.05, 0) is 29.8 Å². The minimum atomic E-state index is -0.429. The second-order valence-electron chi connectivity index (χ2n) is 5.33. The number of amides is 1. The van der Waals surface area contributed by atoms with E-state index in [4.69, 9.17) is 0 Å². The zero-order chi connectivity index (χ0) is 16.9. The number of halogens is 1. The minimum Gasteiger partial charge on any atom is -0.322 e. The molecular formula is C19H15FN2O2. The average molecular weight is 322 g/mol. The summed E-state index contributed by atoms with van der Waals surface area (Å²) in [6.45, 7) is 0.376. The summed E-state index contributed by atoms with van der Waals surface area (Å²) in [5.74, 6) is -0.829. The number of nitrogens with one attached hydrogen (secondary N) is 1. The first-order valence-corrected chi connectivity index (χ1v) is 7.43. The van der Waals surface area contributed by atoms with Crippen LogP contribution in [0.5, 0.6) is 0 Å². The average Bonchev–Trinajstić information content (AvgIpc) is 2.58. The molecule has 0 aliphatic rings. The maximum Gasteiger partial charge on any atom is 0.257 e. The normalized spacial score (nSPS) is 10.4. The van der Waals surface area contributed by atoms with Gasteiger partial charge in [-0.25, -0.2) is 4.39 Å². The van der Waals surface area contributed by atoms with Gasteiger partial charge < -0.3 is 9.88 Å². The van der Waals surface area contributed by atoms with Crippen LogP contribution in [0.4, 0.5) is 10.1 Å². The number of pyridine rings is 1. The molecule has 3 rings (SSSR count). The van der Waals surface area contributed by atoms with Gasteiger partial charge in [-0.1, -0.05) is 36.4 Å². The summed E-state index contributed by atoms with van der Waals surface area (Å²) in [7, 11) is 0. The maximum atomic E-state index is 13.2. The predicted octanol–water partition coefficient (Wildman–Crippen LogP) is 3.29. The molecule has 4 nitrogen and oxygen atoms in total. The highest BCUT2D eigenvalue weighted by Gasteiger charge is 2.09. The Morgan fingerprint density at radius 2 is 1.79 bits per heavy atom. The Hall–Kier alpha value is -3.21. The third-order valence-electron chi connectivity index (χ3n) is 3.52. The fourth-order valence-electron chi connectivity index (χ4n) is 2.34. The standard InChI is InChI=1S/C19H15FN2O2/c20-16-7-4-8-17(11-16)21-19(24)15-9-10-18(23)22(13-15)12-14-5-2-1-3-6-14/h1-11,13H,12H2,(H,21,24). The van der Waals surface area contributed by atoms with Crippen molar-refractivity contribution in [2.45, 2.75) is 6.54 Å². The van der Waals surface area contributed by atoms with Crippen molar-refractivity contribution in [1.82, 2.24) is 4.57 Å². The van der Waals surface area contributed by atoms with Crippen LogP contribution >= 0.6 is 0 Å². The number of hydrogen-bond donors (Lipinski definition) is 1. The van der Waals surface area contributed by atoms with Gasteiger partial charge in [-0.3, -0.25) is 9.59 Å². The number of rotatable bonds is 4. The lowest BCUT2D eigenvalue weighted by Crippen LogP contribution is -2.22. The second-order valence-corrected chi connectivity index (χ2v) is 5.33. The molecule has 1 aromatic heterocycles. The van der Waals surface area contributed by atoms with Crippen molar-refractivity contribution < 1.29 is 9.18 Å². The van der Waals surface area contributed by atoms with E-state index in [0.717, 1.165) is 5.56 Å². The Labute approximate surface area is 138 Å². The topological polar surface area (TPSA) is 51.1 Å². The number of nitrogens with zero attached hydrogens (tertiary/aromatic N) is 1. The number of hydrogen-bond acceptors (Lipinski definition) is 2. The molecule has 0 radical (unpaired) electrons. The lowest BCUT2D eigenvalue weighted by Gasteiger charge is -2.09. The van der Waals surface area contributed by atoms with E-state index in [1.807, 2.05) is 30.3 Å². The molecule has 0 saturated heterocycles. The highest BCUT2D eigenvalue weighted by atomic mass is 19.1. The van der Waals surface area contributed by atoms with E-state index in [1.54, 1.807) is 6.07 Å². The number of carbonyl (C=O) groups is 1. The number of aromatic nitrogens is 1. The van der Waals surface area contributed by atoms with Gasteiger partial charge in [0, 0.05) is 18.0 Å². The molecule has 0 atom stereocenters. The van der Waals surface area contributed by atoms with Crippen LogP contribution < -0.4 is 10.9 Å². The van der Waals surface area contributed by atoms with Crippen LogP contribution in [0, 0.1) is 5.82 Å². The SMILES string of the molecule is O=C(Nc1cccc(F)c1)c1ccc(=O)n(Cc2ccccc2)c1. The zero-order valence-corrected chi connectivity index (χ0v) is 12.8. The molecule has 0 fully saturated rings. The molecule has 5 heteroatoms. The Morgan fingerprint density at radius 1 is 1.00 bits per heavy atom. The van der Waals surface area contributed by atoms with Crippen molar-refractivity contribution in [3.8, 4) is 0 Å². The molecule has 1 amide bonds. The number of anilines is 1. The minimum absolute atomic E-state index is 0.193. The first kappa shape index (κ1) is 15.7. The van der Waals surface area contributed by atoms with E-state index >= 15 is 0 Å². The van der Waals surface area contributed by atoms with E-state index < -0.39 is 11.7 Å². The van der Waals surface area contributed by atoms with Gasteiger partial charge in [0.25, 0.3) is 11.5 Å². The number of carbonyl (C=O) groups excluding carboxylic acids is 1. The highest BCUT2D eigenvalue weighted by Crippen LogP contribution is 2.11. The first-order chi connectivity index (χ1) is 11.6. The Kier molecular flexibility index (Phi) is 4.52. The zero-order valence-electron chi connectivity index (χ0n) is 12.8. The lowest BCUT2D eigenvalue weighted by molar-refractivity contribution is 0.102. The molecule has 1 heterocycles. The molecule has 24 heavy (non-hydrogen) atoms. The van der Waals surface area contributed by atoms with Gasteiger partial charge in [-0.2, -0.15) is 0 Å². The molecule has 0 aliphatic heterocycles. The molecule has 120 valence electrons. The van der Waals surface area contributed by atoms with Crippen LogP contribution in [0.2, 0.25) is 0 Å². The number of benzene rings is 2. The predicted molar refractivity (Wildman–Crippen MR) is 90.6 cm³/mol. The van der Waals surface area contributed by atoms with E-state index in [0.29, 0.717) is 17.8 Å². The molecule has 3 aromatic rings. The monoisotopic (exact) mass is 322 g/mol. The molecule has 0 aliphatic carbocycles. The van der Waals surface area contributed by atoms with Crippen molar-refractivity contribution in [1.29, 1.82) is 0 Å². The molecule has 1 N–H and O–H groups in total. The smallest absolute Gasteiger partial charge is 0.257 e. The van der Waals surface area contributed by atoms with E-state index in [-0.39, 0.29) is 5.56 Å². The van der Waals surface area contributed by atoms with Crippen LogP contribution in [0.15, 0.2) is 77.7 Å². The summed E-state index contributed by atoms with van der Waals surface area (Å²) in [6.07, 6.45) is 1.50. The van der Waals surface area contributed by atoms with Crippen molar-refractivity contribution in [3.05, 3.63) is 100 Å². The summed E-state index contributed by atoms with van der Waals surface area (Å²) < 4.78 is 14.7. The fourth-order valence-corrected chi connectivity index (χ4v) is 2.34. The largest absolute Gasteiger partial charge is 0.322 e. The fraction of sp³-hybridized carbons (Fsp3) is 0.0526. The van der Waals surface area contributed by atoms with E-state index in [9.17, 15) is 14.0 Å². The quantitative estimate of drug-likeness (QED) is 0.801. The summed E-state index contributed by atoms with van der Waals surface area (Å²) in [5, 5.41) is 2.62. The van der Waals surface area contributed by atoms with Gasteiger partial charge in [0.05, 0.1) is 12.1 Å². The second kappa shape index (κ2) is 6.91. The van der Waals surface area contributed by atoms with Crippen LogP contribution in [-0.2, 0) is 6.54 Å². The Balaban J connectivity index is 1.82. The van der Waals surface area contributed by atoms with Crippen molar-refractivity contribution >= 4 is 11.6 Å². The third kappa shape index (κ3) is 3.76. The summed E-state index contributed by atoms with van der Waals surface area (Å²) in [5.41, 5.74) is 1.46. The highest BCUT2D eigenvalue weighted by molar-refractivity contribution is 6.04. The lowest BCUT2D eigenvalue weighted by atomic mass is 10.2. The van der Waals surface area contributed by atoms with Crippen LogP contribution in [0.1, 0.15) is 15.9 Å². The van der Waals surface area contributed by atoms with Gasteiger partial charge in [0.15, 0.2) is 0 Å². The summed E-state index contributed by atoms with van der Waals surface area (Å²) in [6, 6.07) is 18.0. The molecule has 2 aromatic carbocycles. The summed E-state index contributed by atoms with van der Waals surface area (Å²) >= 11 is 0. The molecule has 0 saturated carbocycles. The van der Waals surface area contributed by atoms with Crippen LogP contribution in [0.3, 0.4) is 0 Å². The van der Waals surface area contributed by atoms with Gasteiger partial charge in [-0.15, -0.1) is 0 Å². The van der Waals surface area contributed by atoms with Gasteiger partial charge in [0.1, 0.15) is 5.82 Å². The van der Waals surface area contributed by atoms with Gasteiger partial charge in [0.2, 0.25) is 0 Å². The van der Waals surface area contributed by atoms with Crippen LogP contribution in [0.25, 0.3) is 0 Å². The Bertz CT molecular complexity index is 920. The van der Waals surface area contributed by atoms with Crippen molar-refractivity contribution in [2.75, 3.05) is 5.32 Å². The third-order valence-corrected chi connectivity index (χ3v) is 3.52. The Morgan fingerprint density at radius 3 is 2.54 bits per heavy atom. The molecule has 0 unspecified atom stereocenters. The van der Waals surface area contributed by atoms with E-state index in [1.165, 1.54) is 41.1 Å². The summed E-state index contributed by atoms with van der Waals surface area (Å²) in [4.78, 5) is 24.3. The van der Waals surface area contributed by atoms with E-state index in [2.05, 4.69) is 5.32 Å². The van der Waals surface area contributed by atoms with Crippen molar-refractivity contribution in [3.63, 3.8) is 0 Å². The maximum absolute atomic E-state index is 13.2. The van der Waals surface area contributed by atoms with Gasteiger partial charge >= 0.3 is 0 Å².